The third kappa shape index (κ3) is 4.81. The van der Waals surface area contributed by atoms with Crippen LogP contribution >= 0.6 is 0 Å². The number of fused-ring (bicyclic) bond motifs is 2. The molecule has 9 nitrogen and oxygen atoms in total. The number of anilines is 1. The largest absolute Gasteiger partial charge is 0.333 e. The van der Waals surface area contributed by atoms with Crippen molar-refractivity contribution in [3.05, 3.63) is 65.2 Å². The van der Waals surface area contributed by atoms with E-state index in [2.05, 4.69) is 5.32 Å². The second kappa shape index (κ2) is 9.82. The van der Waals surface area contributed by atoms with Crippen molar-refractivity contribution in [3.8, 4) is 0 Å². The quantitative estimate of drug-likeness (QED) is 0.468. The topological polar surface area (TPSA) is 122 Å². The van der Waals surface area contributed by atoms with E-state index in [0.717, 1.165) is 31.2 Å². The maximum absolute atomic E-state index is 13.9. The SMILES string of the molecule is CC(C)(N)C(=O)Nc1ccc2c(c1)CC(=O)C21OCN(CC(=O)N(Cc2ccccc2)C(C2CC2)C2CC2)C1=O. The lowest BCUT2D eigenvalue weighted by Crippen LogP contribution is -2.49. The Balaban J connectivity index is 1.21. The smallest absolute Gasteiger partial charge is 0.269 e. The Morgan fingerprint density at radius 3 is 2.40 bits per heavy atom. The van der Waals surface area contributed by atoms with Gasteiger partial charge in [-0.05, 0) is 74.6 Å². The molecular formula is C31H36N4O5. The first-order valence-corrected chi connectivity index (χ1v) is 14.1. The van der Waals surface area contributed by atoms with Crippen molar-refractivity contribution < 1.29 is 23.9 Å². The van der Waals surface area contributed by atoms with Crippen LogP contribution in [-0.4, -0.2) is 58.2 Å². The molecule has 3 aliphatic carbocycles. The Morgan fingerprint density at radius 2 is 1.77 bits per heavy atom. The van der Waals surface area contributed by atoms with Gasteiger partial charge in [-0.3, -0.25) is 19.2 Å². The summed E-state index contributed by atoms with van der Waals surface area (Å²) in [5, 5.41) is 2.76. The van der Waals surface area contributed by atoms with Crippen molar-refractivity contribution in [1.82, 2.24) is 9.80 Å². The molecule has 1 unspecified atom stereocenters. The van der Waals surface area contributed by atoms with E-state index < -0.39 is 17.0 Å². The van der Waals surface area contributed by atoms with Gasteiger partial charge in [0.15, 0.2) is 5.78 Å². The Labute approximate surface area is 234 Å². The minimum atomic E-state index is -1.75. The van der Waals surface area contributed by atoms with Crippen molar-refractivity contribution in [2.24, 2.45) is 17.6 Å². The van der Waals surface area contributed by atoms with Crippen LogP contribution in [0, 0.1) is 11.8 Å². The molecule has 3 fully saturated rings. The Bertz CT molecular complexity index is 1350. The first-order chi connectivity index (χ1) is 19.1. The van der Waals surface area contributed by atoms with Gasteiger partial charge >= 0.3 is 0 Å². The Kier molecular flexibility index (Phi) is 6.54. The molecule has 9 heteroatoms. The third-order valence-corrected chi connectivity index (χ3v) is 8.51. The zero-order valence-electron chi connectivity index (χ0n) is 23.0. The number of carbonyl (C=O) groups excluding carboxylic acids is 4. The summed E-state index contributed by atoms with van der Waals surface area (Å²) in [6, 6.07) is 15.1. The van der Waals surface area contributed by atoms with Crippen molar-refractivity contribution in [1.29, 1.82) is 0 Å². The molecule has 210 valence electrons. The molecular weight excluding hydrogens is 508 g/mol. The fourth-order valence-electron chi connectivity index (χ4n) is 6.09. The molecule has 2 aromatic rings. The van der Waals surface area contributed by atoms with Gasteiger partial charge in [-0.1, -0.05) is 36.4 Å². The van der Waals surface area contributed by atoms with E-state index in [1.165, 1.54) is 4.90 Å². The van der Waals surface area contributed by atoms with Crippen molar-refractivity contribution in [2.75, 3.05) is 18.6 Å². The number of ether oxygens (including phenoxy) is 1. The lowest BCUT2D eigenvalue weighted by Gasteiger charge is -2.34. The van der Waals surface area contributed by atoms with Gasteiger partial charge in [0.25, 0.3) is 5.91 Å². The first-order valence-electron chi connectivity index (χ1n) is 14.1. The number of carbonyl (C=O) groups is 4. The zero-order valence-corrected chi connectivity index (χ0v) is 23.0. The Hall–Kier alpha value is -3.56. The number of Topliss-reactive ketones (excluding diaryl/α,β-unsaturated/α-hetero) is 1. The van der Waals surface area contributed by atoms with Gasteiger partial charge in [0.2, 0.25) is 17.4 Å². The van der Waals surface area contributed by atoms with Gasteiger partial charge in [0.05, 0.1) is 5.54 Å². The highest BCUT2D eigenvalue weighted by molar-refractivity contribution is 6.15. The molecule has 0 bridgehead atoms. The highest BCUT2D eigenvalue weighted by Crippen LogP contribution is 2.48. The standard InChI is InChI=1S/C31H36N4O5/c1-30(2,32)28(38)33-23-12-13-24-22(14-23)15-25(36)31(24)29(39)34(18-40-31)17-26(37)35(16-19-6-4-3-5-7-19)27(20-8-9-20)21-10-11-21/h3-7,12-14,20-21,27H,8-11,15-18,32H2,1-2H3,(H,33,38). The van der Waals surface area contributed by atoms with Gasteiger partial charge < -0.3 is 25.6 Å². The van der Waals surface area contributed by atoms with Crippen LogP contribution in [0.3, 0.4) is 0 Å². The predicted octanol–water partition coefficient (Wildman–Crippen LogP) is 2.72. The van der Waals surface area contributed by atoms with Crippen LogP contribution in [0.25, 0.3) is 0 Å². The molecule has 1 saturated heterocycles. The average Bonchev–Trinajstić information content (AvgIpc) is 3.85. The molecule has 1 heterocycles. The van der Waals surface area contributed by atoms with Crippen LogP contribution in [0.5, 0.6) is 0 Å². The molecule has 1 atom stereocenters. The number of amides is 3. The molecule has 3 amide bonds. The van der Waals surface area contributed by atoms with Gasteiger partial charge in [0, 0.05) is 30.3 Å². The molecule has 2 saturated carbocycles. The average molecular weight is 545 g/mol. The molecule has 3 N–H and O–H groups in total. The van der Waals surface area contributed by atoms with E-state index in [0.29, 0.717) is 35.2 Å². The number of nitrogens with one attached hydrogen (secondary N) is 1. The van der Waals surface area contributed by atoms with Crippen LogP contribution in [0.2, 0.25) is 0 Å². The number of nitrogens with zero attached hydrogens (tertiary/aromatic N) is 2. The summed E-state index contributed by atoms with van der Waals surface area (Å²) in [6.45, 7) is 3.44. The van der Waals surface area contributed by atoms with E-state index in [1.54, 1.807) is 32.0 Å². The zero-order chi connectivity index (χ0) is 28.2. The van der Waals surface area contributed by atoms with E-state index in [-0.39, 0.29) is 43.3 Å². The molecule has 1 aliphatic heterocycles. The minimum Gasteiger partial charge on any atom is -0.333 e. The number of benzene rings is 2. The highest BCUT2D eigenvalue weighted by Gasteiger charge is 2.59. The lowest BCUT2D eigenvalue weighted by atomic mass is 9.93. The van der Waals surface area contributed by atoms with Crippen molar-refractivity contribution in [3.63, 3.8) is 0 Å². The summed E-state index contributed by atoms with van der Waals surface area (Å²) in [4.78, 5) is 56.6. The second-order valence-electron chi connectivity index (χ2n) is 12.3. The Morgan fingerprint density at radius 1 is 1.10 bits per heavy atom. The summed E-state index contributed by atoms with van der Waals surface area (Å²) in [5.74, 6) is -0.312. The number of ketones is 1. The summed E-state index contributed by atoms with van der Waals surface area (Å²) in [7, 11) is 0. The number of nitrogens with two attached hydrogens (primary N) is 1. The molecule has 0 aromatic heterocycles. The van der Waals surface area contributed by atoms with Gasteiger partial charge in [-0.15, -0.1) is 0 Å². The first kappa shape index (κ1) is 26.7. The minimum absolute atomic E-state index is 0.00412. The maximum Gasteiger partial charge on any atom is 0.269 e. The van der Waals surface area contributed by atoms with Gasteiger partial charge in [-0.25, -0.2) is 0 Å². The summed E-state index contributed by atoms with van der Waals surface area (Å²) in [6.07, 6.45) is 4.52. The predicted molar refractivity (Wildman–Crippen MR) is 148 cm³/mol. The van der Waals surface area contributed by atoms with Crippen LogP contribution in [0.15, 0.2) is 48.5 Å². The van der Waals surface area contributed by atoms with E-state index >= 15 is 0 Å². The third-order valence-electron chi connectivity index (χ3n) is 8.51. The van der Waals surface area contributed by atoms with E-state index in [9.17, 15) is 19.2 Å². The van der Waals surface area contributed by atoms with Crippen LogP contribution < -0.4 is 11.1 Å². The molecule has 40 heavy (non-hydrogen) atoms. The van der Waals surface area contributed by atoms with Gasteiger partial charge in [0.1, 0.15) is 13.3 Å². The number of hydrogen-bond acceptors (Lipinski definition) is 6. The van der Waals surface area contributed by atoms with Gasteiger partial charge in [-0.2, -0.15) is 0 Å². The van der Waals surface area contributed by atoms with Crippen molar-refractivity contribution >= 4 is 29.2 Å². The maximum atomic E-state index is 13.9. The van der Waals surface area contributed by atoms with Crippen molar-refractivity contribution in [2.45, 2.75) is 69.7 Å². The monoisotopic (exact) mass is 544 g/mol. The summed E-state index contributed by atoms with van der Waals surface area (Å²) in [5.41, 5.74) is 5.71. The van der Waals surface area contributed by atoms with E-state index in [4.69, 9.17) is 10.5 Å². The highest BCUT2D eigenvalue weighted by atomic mass is 16.5. The fourth-order valence-corrected chi connectivity index (χ4v) is 6.09. The van der Waals surface area contributed by atoms with Crippen LogP contribution in [0.4, 0.5) is 5.69 Å². The second-order valence-corrected chi connectivity index (χ2v) is 12.3. The summed E-state index contributed by atoms with van der Waals surface area (Å²) >= 11 is 0. The number of hydrogen-bond donors (Lipinski definition) is 2. The van der Waals surface area contributed by atoms with Crippen LogP contribution in [-0.2, 0) is 42.5 Å². The molecule has 2 aromatic carbocycles. The normalized spacial score (nSPS) is 22.2. The molecule has 0 radical (unpaired) electrons. The fraction of sp³-hybridized carbons (Fsp3) is 0.484. The summed E-state index contributed by atoms with van der Waals surface area (Å²) < 4.78 is 5.97. The van der Waals surface area contributed by atoms with E-state index in [1.807, 2.05) is 35.2 Å². The molecule has 6 rings (SSSR count). The van der Waals surface area contributed by atoms with Crippen LogP contribution in [0.1, 0.15) is 56.2 Å². The number of rotatable bonds is 9. The lowest BCUT2D eigenvalue weighted by molar-refractivity contribution is -0.150. The molecule has 4 aliphatic rings. The molecule has 1 spiro atoms.